The number of hydrogen-bond donors (Lipinski definition) is 2. The fraction of sp³-hybridized carbons (Fsp3) is 0.455. The second-order valence-corrected chi connectivity index (χ2v) is 5.04. The third-order valence-corrected chi connectivity index (χ3v) is 3.44. The Balaban J connectivity index is 2.05. The molecule has 0 aromatic carbocycles. The molecule has 1 aromatic rings. The van der Waals surface area contributed by atoms with Gasteiger partial charge in [0.1, 0.15) is 0 Å². The van der Waals surface area contributed by atoms with Gasteiger partial charge in [-0.1, -0.05) is 5.16 Å². The van der Waals surface area contributed by atoms with Gasteiger partial charge in [-0.15, -0.1) is 0 Å². The molecule has 1 fully saturated rings. The summed E-state index contributed by atoms with van der Waals surface area (Å²) in [4.78, 5) is 6.52. The van der Waals surface area contributed by atoms with Crippen LogP contribution in [0.1, 0.15) is 18.5 Å². The van der Waals surface area contributed by atoms with Crippen molar-refractivity contribution in [1.82, 2.24) is 9.88 Å². The maximum Gasteiger partial charge on any atom is 0.156 e. The van der Waals surface area contributed by atoms with E-state index < -0.39 is 0 Å². The van der Waals surface area contributed by atoms with Crippen molar-refractivity contribution in [3.63, 3.8) is 0 Å². The van der Waals surface area contributed by atoms with Crippen LogP contribution in [0.5, 0.6) is 0 Å². The minimum atomic E-state index is 0.0328. The number of oxime groups is 1. The van der Waals surface area contributed by atoms with E-state index in [1.54, 1.807) is 6.20 Å². The molecule has 2 rings (SSSR count). The Morgan fingerprint density at radius 3 is 3.12 bits per heavy atom. The van der Waals surface area contributed by atoms with Crippen LogP contribution in [-0.4, -0.2) is 33.5 Å². The van der Waals surface area contributed by atoms with Crippen LogP contribution < -0.4 is 5.73 Å². The summed E-state index contributed by atoms with van der Waals surface area (Å²) in [5.41, 5.74) is 6.67. The summed E-state index contributed by atoms with van der Waals surface area (Å²) >= 11 is 3.36. The van der Waals surface area contributed by atoms with E-state index in [0.717, 1.165) is 36.1 Å². The first kappa shape index (κ1) is 12.3. The van der Waals surface area contributed by atoms with E-state index in [1.165, 1.54) is 0 Å². The molecule has 5 nitrogen and oxygen atoms in total. The zero-order valence-electron chi connectivity index (χ0n) is 9.38. The molecule has 0 saturated carbocycles. The molecule has 1 aliphatic heterocycles. The van der Waals surface area contributed by atoms with Crippen LogP contribution in [-0.2, 0) is 6.54 Å². The number of aromatic nitrogens is 1. The van der Waals surface area contributed by atoms with Gasteiger partial charge < -0.3 is 10.9 Å². The van der Waals surface area contributed by atoms with Gasteiger partial charge in [0.25, 0.3) is 0 Å². The largest absolute Gasteiger partial charge is 0.409 e. The number of nitrogens with zero attached hydrogens (tertiary/aromatic N) is 3. The predicted molar refractivity (Wildman–Crippen MR) is 68.8 cm³/mol. The Bertz CT molecular complexity index is 406. The standard InChI is InChI=1S/C11H15BrN4O/c12-8-3-4-9(14-6-8)7-16-5-1-2-10(16)11(13)15-17/h3-4,6,10,17H,1-2,5,7H2,(H2,13,15). The Labute approximate surface area is 108 Å². The molecule has 1 saturated heterocycles. The lowest BCUT2D eigenvalue weighted by molar-refractivity contribution is 0.272. The Morgan fingerprint density at radius 1 is 1.65 bits per heavy atom. The monoisotopic (exact) mass is 298 g/mol. The van der Waals surface area contributed by atoms with E-state index in [-0.39, 0.29) is 6.04 Å². The van der Waals surface area contributed by atoms with Gasteiger partial charge in [-0.05, 0) is 47.4 Å². The van der Waals surface area contributed by atoms with Gasteiger partial charge in [0, 0.05) is 17.2 Å². The van der Waals surface area contributed by atoms with Crippen LogP contribution in [0.15, 0.2) is 28.0 Å². The van der Waals surface area contributed by atoms with Crippen LogP contribution in [0.4, 0.5) is 0 Å². The highest BCUT2D eigenvalue weighted by molar-refractivity contribution is 9.10. The number of amidine groups is 1. The predicted octanol–water partition coefficient (Wildman–Crippen LogP) is 1.55. The molecule has 2 heterocycles. The highest BCUT2D eigenvalue weighted by Gasteiger charge is 2.28. The molecule has 0 radical (unpaired) electrons. The van der Waals surface area contributed by atoms with Crippen LogP contribution in [0.25, 0.3) is 0 Å². The average molecular weight is 299 g/mol. The molecule has 6 heteroatoms. The minimum absolute atomic E-state index is 0.0328. The number of nitrogens with two attached hydrogens (primary N) is 1. The lowest BCUT2D eigenvalue weighted by atomic mass is 10.2. The number of pyridine rings is 1. The number of hydrogen-bond acceptors (Lipinski definition) is 4. The SMILES string of the molecule is N/C(=N/O)C1CCCN1Cc1ccc(Br)cn1. The summed E-state index contributed by atoms with van der Waals surface area (Å²) < 4.78 is 0.968. The van der Waals surface area contributed by atoms with E-state index >= 15 is 0 Å². The molecule has 1 atom stereocenters. The quantitative estimate of drug-likeness (QED) is 0.384. The minimum Gasteiger partial charge on any atom is -0.409 e. The first-order valence-corrected chi connectivity index (χ1v) is 6.32. The van der Waals surface area contributed by atoms with Gasteiger partial charge in [-0.2, -0.15) is 0 Å². The normalized spacial score (nSPS) is 21.9. The molecule has 0 bridgehead atoms. The maximum absolute atomic E-state index is 8.73. The molecule has 1 unspecified atom stereocenters. The fourth-order valence-electron chi connectivity index (χ4n) is 2.13. The maximum atomic E-state index is 8.73. The average Bonchev–Trinajstić information content (AvgIpc) is 2.79. The van der Waals surface area contributed by atoms with Gasteiger partial charge in [-0.3, -0.25) is 9.88 Å². The lowest BCUT2D eigenvalue weighted by Crippen LogP contribution is -2.40. The van der Waals surface area contributed by atoms with E-state index in [1.807, 2.05) is 12.1 Å². The van der Waals surface area contributed by atoms with Gasteiger partial charge in [0.05, 0.1) is 11.7 Å². The topological polar surface area (TPSA) is 74.7 Å². The third-order valence-electron chi connectivity index (χ3n) is 2.97. The van der Waals surface area contributed by atoms with E-state index in [9.17, 15) is 0 Å². The van der Waals surface area contributed by atoms with Crippen molar-refractivity contribution in [1.29, 1.82) is 0 Å². The number of rotatable bonds is 3. The van der Waals surface area contributed by atoms with Crippen molar-refractivity contribution >= 4 is 21.8 Å². The molecule has 0 aliphatic carbocycles. The molecule has 92 valence electrons. The van der Waals surface area contributed by atoms with Gasteiger partial charge >= 0.3 is 0 Å². The van der Waals surface area contributed by atoms with Crippen molar-refractivity contribution < 1.29 is 5.21 Å². The summed E-state index contributed by atoms with van der Waals surface area (Å²) in [7, 11) is 0. The van der Waals surface area contributed by atoms with Crippen molar-refractivity contribution in [2.75, 3.05) is 6.54 Å². The Morgan fingerprint density at radius 2 is 2.47 bits per heavy atom. The van der Waals surface area contributed by atoms with Gasteiger partial charge in [0.2, 0.25) is 0 Å². The zero-order valence-corrected chi connectivity index (χ0v) is 11.0. The summed E-state index contributed by atoms with van der Waals surface area (Å²) in [5.74, 6) is 0.291. The van der Waals surface area contributed by atoms with E-state index in [2.05, 4.69) is 31.0 Å². The second-order valence-electron chi connectivity index (χ2n) is 4.12. The molecule has 1 aliphatic rings. The summed E-state index contributed by atoms with van der Waals surface area (Å²) in [6.45, 7) is 1.69. The van der Waals surface area contributed by atoms with Gasteiger partial charge in [-0.25, -0.2) is 0 Å². The zero-order chi connectivity index (χ0) is 12.3. The second kappa shape index (κ2) is 5.46. The number of likely N-dealkylation sites (tertiary alicyclic amines) is 1. The molecule has 0 amide bonds. The van der Waals surface area contributed by atoms with E-state index in [0.29, 0.717) is 5.84 Å². The summed E-state index contributed by atoms with van der Waals surface area (Å²) in [6.07, 6.45) is 3.79. The third kappa shape index (κ3) is 2.95. The molecule has 17 heavy (non-hydrogen) atoms. The van der Waals surface area contributed by atoms with Gasteiger partial charge in [0.15, 0.2) is 5.84 Å². The molecule has 1 aromatic heterocycles. The van der Waals surface area contributed by atoms with E-state index in [4.69, 9.17) is 10.9 Å². The van der Waals surface area contributed by atoms with Crippen molar-refractivity contribution in [3.05, 3.63) is 28.5 Å². The first-order chi connectivity index (χ1) is 8.20. The summed E-state index contributed by atoms with van der Waals surface area (Å²) in [5, 5.41) is 11.8. The molecular weight excluding hydrogens is 284 g/mol. The van der Waals surface area contributed by atoms with Crippen molar-refractivity contribution in [2.24, 2.45) is 10.9 Å². The number of halogens is 1. The van der Waals surface area contributed by atoms with Crippen molar-refractivity contribution in [2.45, 2.75) is 25.4 Å². The Kier molecular flexibility index (Phi) is 3.96. The molecular formula is C11H15BrN4O. The van der Waals surface area contributed by atoms with Crippen LogP contribution in [0.3, 0.4) is 0 Å². The lowest BCUT2D eigenvalue weighted by Gasteiger charge is -2.22. The van der Waals surface area contributed by atoms with Crippen molar-refractivity contribution in [3.8, 4) is 0 Å². The highest BCUT2D eigenvalue weighted by Crippen LogP contribution is 2.20. The van der Waals surface area contributed by atoms with Crippen LogP contribution in [0, 0.1) is 0 Å². The smallest absolute Gasteiger partial charge is 0.156 e. The fourth-order valence-corrected chi connectivity index (χ4v) is 2.36. The highest BCUT2D eigenvalue weighted by atomic mass is 79.9. The van der Waals surface area contributed by atoms with Crippen LogP contribution >= 0.6 is 15.9 Å². The van der Waals surface area contributed by atoms with Crippen LogP contribution in [0.2, 0.25) is 0 Å². The Hall–Kier alpha value is -1.14. The molecule has 0 spiro atoms. The summed E-state index contributed by atoms with van der Waals surface area (Å²) in [6, 6.07) is 3.98. The molecule has 3 N–H and O–H groups in total. The first-order valence-electron chi connectivity index (χ1n) is 5.52.